The molecule has 0 spiro atoms. The highest BCUT2D eigenvalue weighted by molar-refractivity contribution is 7.98. The lowest BCUT2D eigenvalue weighted by Crippen LogP contribution is -2.34. The standard InChI is InChI=1S/C20H17FN4OS2/c1-27-16-5-2-4-14(12-16)19(26)25(11-10-24-9-3-8-22-24)20-23-17-7-6-15(21)13-18(17)28-20/h2-9,12-13H,10-11H2,1H3. The Morgan fingerprint density at radius 3 is 2.93 bits per heavy atom. The van der Waals surface area contributed by atoms with Crippen molar-refractivity contribution < 1.29 is 9.18 Å². The molecule has 0 N–H and O–H groups in total. The van der Waals surface area contributed by atoms with Gasteiger partial charge >= 0.3 is 0 Å². The molecule has 0 radical (unpaired) electrons. The van der Waals surface area contributed by atoms with Gasteiger partial charge < -0.3 is 0 Å². The number of hydrogen-bond donors (Lipinski definition) is 0. The molecule has 0 aliphatic heterocycles. The minimum atomic E-state index is -0.315. The molecule has 4 rings (SSSR count). The van der Waals surface area contributed by atoms with Gasteiger partial charge in [-0.2, -0.15) is 5.10 Å². The van der Waals surface area contributed by atoms with Crippen molar-refractivity contribution >= 4 is 44.4 Å². The average Bonchev–Trinajstić information content (AvgIpc) is 3.37. The molecule has 2 heterocycles. The van der Waals surface area contributed by atoms with Gasteiger partial charge in [0.05, 0.1) is 16.8 Å². The van der Waals surface area contributed by atoms with Crippen LogP contribution < -0.4 is 4.90 Å². The van der Waals surface area contributed by atoms with E-state index in [-0.39, 0.29) is 11.7 Å². The molecule has 2 aromatic heterocycles. The van der Waals surface area contributed by atoms with E-state index < -0.39 is 0 Å². The molecule has 28 heavy (non-hydrogen) atoms. The van der Waals surface area contributed by atoms with E-state index in [0.29, 0.717) is 34.0 Å². The number of fused-ring (bicyclic) bond motifs is 1. The molecule has 0 bridgehead atoms. The first-order valence-corrected chi connectivity index (χ1v) is 10.7. The Labute approximate surface area is 169 Å². The highest BCUT2D eigenvalue weighted by atomic mass is 32.2. The maximum absolute atomic E-state index is 13.6. The molecule has 1 amide bonds. The van der Waals surface area contributed by atoms with Crippen LogP contribution in [0.1, 0.15) is 10.4 Å². The van der Waals surface area contributed by atoms with Crippen molar-refractivity contribution in [3.63, 3.8) is 0 Å². The van der Waals surface area contributed by atoms with Crippen LogP contribution >= 0.6 is 23.1 Å². The van der Waals surface area contributed by atoms with Crippen LogP contribution in [-0.4, -0.2) is 33.5 Å². The highest BCUT2D eigenvalue weighted by Gasteiger charge is 2.22. The summed E-state index contributed by atoms with van der Waals surface area (Å²) in [6, 6.07) is 13.8. The Morgan fingerprint density at radius 1 is 1.25 bits per heavy atom. The van der Waals surface area contributed by atoms with Gasteiger partial charge in [0.25, 0.3) is 5.91 Å². The SMILES string of the molecule is CSc1cccc(C(=O)N(CCn2cccn2)c2nc3ccc(F)cc3s2)c1. The zero-order valence-electron chi connectivity index (χ0n) is 15.1. The Hall–Kier alpha value is -2.71. The number of carbonyl (C=O) groups is 1. The highest BCUT2D eigenvalue weighted by Crippen LogP contribution is 2.30. The quantitative estimate of drug-likeness (QED) is 0.431. The van der Waals surface area contributed by atoms with Gasteiger partial charge in [-0.05, 0) is 48.7 Å². The second kappa shape index (κ2) is 8.12. The van der Waals surface area contributed by atoms with Gasteiger partial charge in [0.2, 0.25) is 0 Å². The fourth-order valence-electron chi connectivity index (χ4n) is 2.83. The maximum Gasteiger partial charge on any atom is 0.260 e. The first kappa shape index (κ1) is 18.6. The molecule has 0 aliphatic carbocycles. The van der Waals surface area contributed by atoms with Gasteiger partial charge in [-0.25, -0.2) is 9.37 Å². The zero-order chi connectivity index (χ0) is 19.5. The van der Waals surface area contributed by atoms with E-state index in [9.17, 15) is 9.18 Å². The second-order valence-corrected chi connectivity index (χ2v) is 7.96. The van der Waals surface area contributed by atoms with E-state index in [2.05, 4.69) is 10.1 Å². The fraction of sp³-hybridized carbons (Fsp3) is 0.150. The van der Waals surface area contributed by atoms with Crippen LogP contribution in [0.15, 0.2) is 65.8 Å². The van der Waals surface area contributed by atoms with Crippen LogP contribution in [0, 0.1) is 5.82 Å². The van der Waals surface area contributed by atoms with Crippen molar-refractivity contribution in [2.75, 3.05) is 17.7 Å². The molecule has 2 aromatic carbocycles. The third-order valence-electron chi connectivity index (χ3n) is 4.24. The van der Waals surface area contributed by atoms with Crippen molar-refractivity contribution in [3.05, 3.63) is 72.3 Å². The van der Waals surface area contributed by atoms with Crippen molar-refractivity contribution in [2.45, 2.75) is 11.4 Å². The number of thioether (sulfide) groups is 1. The molecular weight excluding hydrogens is 395 g/mol. The van der Waals surface area contributed by atoms with Crippen LogP contribution in [0.5, 0.6) is 0 Å². The predicted octanol–water partition coefficient (Wildman–Crippen LogP) is 4.70. The first-order chi connectivity index (χ1) is 13.6. The van der Waals surface area contributed by atoms with Crippen LogP contribution in [-0.2, 0) is 6.54 Å². The number of aromatic nitrogens is 3. The normalized spacial score (nSPS) is 11.1. The van der Waals surface area contributed by atoms with Crippen molar-refractivity contribution in [1.29, 1.82) is 0 Å². The van der Waals surface area contributed by atoms with Gasteiger partial charge in [-0.3, -0.25) is 14.4 Å². The summed E-state index contributed by atoms with van der Waals surface area (Å²) >= 11 is 2.89. The minimum absolute atomic E-state index is 0.136. The smallest absolute Gasteiger partial charge is 0.260 e. The number of anilines is 1. The van der Waals surface area contributed by atoms with Gasteiger partial charge in [-0.1, -0.05) is 17.4 Å². The maximum atomic E-state index is 13.6. The van der Waals surface area contributed by atoms with Crippen molar-refractivity contribution in [1.82, 2.24) is 14.8 Å². The lowest BCUT2D eigenvalue weighted by Gasteiger charge is -2.20. The lowest BCUT2D eigenvalue weighted by molar-refractivity contribution is 0.0985. The molecule has 0 aliphatic rings. The summed E-state index contributed by atoms with van der Waals surface area (Å²) in [5.41, 5.74) is 1.27. The van der Waals surface area contributed by atoms with E-state index >= 15 is 0 Å². The van der Waals surface area contributed by atoms with E-state index in [1.54, 1.807) is 39.7 Å². The van der Waals surface area contributed by atoms with Crippen LogP contribution in [0.25, 0.3) is 10.2 Å². The number of carbonyl (C=O) groups excluding carboxylic acids is 1. The molecule has 4 aromatic rings. The predicted molar refractivity (Wildman–Crippen MR) is 112 cm³/mol. The monoisotopic (exact) mass is 412 g/mol. The Morgan fingerprint density at radius 2 is 2.14 bits per heavy atom. The summed E-state index contributed by atoms with van der Waals surface area (Å²) in [6.07, 6.45) is 5.53. The van der Waals surface area contributed by atoms with E-state index in [0.717, 1.165) is 4.90 Å². The molecule has 0 unspecified atom stereocenters. The Balaban J connectivity index is 1.70. The first-order valence-electron chi connectivity index (χ1n) is 8.63. The van der Waals surface area contributed by atoms with Crippen molar-refractivity contribution in [3.8, 4) is 0 Å². The average molecular weight is 413 g/mol. The fourth-order valence-corrected chi connectivity index (χ4v) is 4.31. The number of thiazole rings is 1. The van der Waals surface area contributed by atoms with E-state index in [4.69, 9.17) is 0 Å². The van der Waals surface area contributed by atoms with Crippen LogP contribution in [0.3, 0.4) is 0 Å². The number of nitrogens with zero attached hydrogens (tertiary/aromatic N) is 4. The Bertz CT molecular complexity index is 1110. The summed E-state index contributed by atoms with van der Waals surface area (Å²) in [4.78, 5) is 20.5. The third kappa shape index (κ3) is 3.93. The molecule has 5 nitrogen and oxygen atoms in total. The zero-order valence-corrected chi connectivity index (χ0v) is 16.7. The topological polar surface area (TPSA) is 51.0 Å². The summed E-state index contributed by atoms with van der Waals surface area (Å²) in [5, 5.41) is 4.75. The molecule has 0 saturated carbocycles. The number of halogens is 1. The molecular formula is C20H17FN4OS2. The van der Waals surface area contributed by atoms with Crippen LogP contribution in [0.2, 0.25) is 0 Å². The summed E-state index contributed by atoms with van der Waals surface area (Å²) in [6.45, 7) is 0.942. The third-order valence-corrected chi connectivity index (χ3v) is 6.01. The molecule has 142 valence electrons. The van der Waals surface area contributed by atoms with Crippen molar-refractivity contribution in [2.24, 2.45) is 0 Å². The van der Waals surface area contributed by atoms with Gasteiger partial charge in [0, 0.05) is 29.4 Å². The number of rotatable bonds is 6. The summed E-state index contributed by atoms with van der Waals surface area (Å²) < 4.78 is 16.1. The molecule has 8 heteroatoms. The Kier molecular flexibility index (Phi) is 5.40. The number of hydrogen-bond acceptors (Lipinski definition) is 5. The second-order valence-electron chi connectivity index (χ2n) is 6.07. The minimum Gasteiger partial charge on any atom is -0.282 e. The van der Waals surface area contributed by atoms with Gasteiger partial charge in [0.15, 0.2) is 5.13 Å². The molecule has 0 saturated heterocycles. The number of amides is 1. The van der Waals surface area contributed by atoms with Crippen LogP contribution in [0.4, 0.5) is 9.52 Å². The van der Waals surface area contributed by atoms with Gasteiger partial charge in [-0.15, -0.1) is 11.8 Å². The van der Waals surface area contributed by atoms with E-state index in [1.165, 1.54) is 23.5 Å². The summed E-state index contributed by atoms with van der Waals surface area (Å²) in [7, 11) is 0. The summed E-state index contributed by atoms with van der Waals surface area (Å²) in [5.74, 6) is -0.452. The number of benzene rings is 2. The molecule has 0 atom stereocenters. The van der Waals surface area contributed by atoms with E-state index in [1.807, 2.05) is 36.7 Å². The lowest BCUT2D eigenvalue weighted by atomic mass is 10.2. The van der Waals surface area contributed by atoms with Gasteiger partial charge in [0.1, 0.15) is 5.82 Å². The largest absolute Gasteiger partial charge is 0.282 e. The molecule has 0 fully saturated rings.